The van der Waals surface area contributed by atoms with Crippen molar-refractivity contribution in [2.24, 2.45) is 0 Å². The average Bonchev–Trinajstić information content (AvgIpc) is 2.83. The van der Waals surface area contributed by atoms with Crippen molar-refractivity contribution >= 4 is 17.3 Å². The third kappa shape index (κ3) is 3.32. The second-order valence-corrected chi connectivity index (χ2v) is 6.08. The van der Waals surface area contributed by atoms with Crippen LogP contribution in [0.5, 0.6) is 0 Å². The number of nitrogens with zero attached hydrogens (tertiary/aromatic N) is 2. The smallest absolute Gasteiger partial charge is 0.292 e. The van der Waals surface area contributed by atoms with Crippen molar-refractivity contribution in [1.29, 1.82) is 0 Å². The Balaban J connectivity index is 2.37. The van der Waals surface area contributed by atoms with E-state index in [2.05, 4.69) is 12.2 Å². The fourth-order valence-corrected chi connectivity index (χ4v) is 2.79. The number of nitro groups is 1. The van der Waals surface area contributed by atoms with Gasteiger partial charge < -0.3 is 10.2 Å². The highest BCUT2D eigenvalue weighted by atomic mass is 16.6. The number of carbonyl (C=O) groups excluding carboxylic acids is 1. The first kappa shape index (κ1) is 15.3. The van der Waals surface area contributed by atoms with Crippen molar-refractivity contribution in [3.05, 3.63) is 33.9 Å². The Labute approximate surface area is 124 Å². The van der Waals surface area contributed by atoms with Crippen LogP contribution in [0, 0.1) is 10.1 Å². The first-order chi connectivity index (χ1) is 9.82. The Hall–Kier alpha value is -2.11. The van der Waals surface area contributed by atoms with Gasteiger partial charge in [-0.15, -0.1) is 0 Å². The van der Waals surface area contributed by atoms with Gasteiger partial charge in [-0.2, -0.15) is 0 Å². The lowest BCUT2D eigenvalue weighted by atomic mass is 9.99. The van der Waals surface area contributed by atoms with E-state index in [-0.39, 0.29) is 17.1 Å². The minimum atomic E-state index is -0.412. The lowest BCUT2D eigenvalue weighted by Crippen LogP contribution is -2.31. The minimum Gasteiger partial charge on any atom is -0.374 e. The van der Waals surface area contributed by atoms with Gasteiger partial charge in [0.05, 0.1) is 4.92 Å². The molecule has 1 amide bonds. The molecule has 0 saturated heterocycles. The molecule has 0 radical (unpaired) electrons. The molecule has 21 heavy (non-hydrogen) atoms. The highest BCUT2D eigenvalue weighted by molar-refractivity contribution is 5.95. The molecule has 0 aromatic heterocycles. The van der Waals surface area contributed by atoms with E-state index in [1.165, 1.54) is 17.0 Å². The first-order valence-electron chi connectivity index (χ1n) is 7.11. The second-order valence-electron chi connectivity index (χ2n) is 6.08. The number of hydrogen-bond acceptors (Lipinski definition) is 4. The molecular weight excluding hydrogens is 270 g/mol. The topological polar surface area (TPSA) is 75.5 Å². The molecule has 0 heterocycles. The molecule has 6 heteroatoms. The molecule has 1 fully saturated rings. The fourth-order valence-electron chi connectivity index (χ4n) is 2.79. The molecular formula is C15H21N3O3. The standard InChI is InChI=1S/C15H21N3O3/c1-15(8-4-5-9-15)16-12-10-11(14(19)17(2)3)6-7-13(12)18(20)21/h6-7,10,16H,4-5,8-9H2,1-3H3. The van der Waals surface area contributed by atoms with Crippen molar-refractivity contribution in [2.75, 3.05) is 19.4 Å². The van der Waals surface area contributed by atoms with Gasteiger partial charge in [0, 0.05) is 31.3 Å². The van der Waals surface area contributed by atoms with Gasteiger partial charge >= 0.3 is 0 Å². The Bertz CT molecular complexity index is 563. The van der Waals surface area contributed by atoms with Gasteiger partial charge in [0.15, 0.2) is 0 Å². The van der Waals surface area contributed by atoms with Crippen LogP contribution in [0.2, 0.25) is 0 Å². The SMILES string of the molecule is CN(C)C(=O)c1ccc([N+](=O)[O-])c(NC2(C)CCCC2)c1. The summed E-state index contributed by atoms with van der Waals surface area (Å²) >= 11 is 0. The van der Waals surface area contributed by atoms with Crippen LogP contribution in [0.15, 0.2) is 18.2 Å². The lowest BCUT2D eigenvalue weighted by molar-refractivity contribution is -0.384. The predicted octanol–water partition coefficient (Wildman–Crippen LogP) is 3.04. The summed E-state index contributed by atoms with van der Waals surface area (Å²) in [5.41, 5.74) is 0.759. The molecule has 0 atom stereocenters. The maximum absolute atomic E-state index is 12.0. The summed E-state index contributed by atoms with van der Waals surface area (Å²) in [4.78, 5) is 24.3. The van der Waals surface area contributed by atoms with Crippen LogP contribution < -0.4 is 5.32 Å². The Morgan fingerprint density at radius 1 is 1.33 bits per heavy atom. The normalized spacial score (nSPS) is 16.5. The molecule has 1 aromatic rings. The quantitative estimate of drug-likeness (QED) is 0.683. The molecule has 1 N–H and O–H groups in total. The molecule has 1 aromatic carbocycles. The molecule has 0 aliphatic heterocycles. The van der Waals surface area contributed by atoms with Gasteiger partial charge in [-0.1, -0.05) is 12.8 Å². The number of nitrogens with one attached hydrogen (secondary N) is 1. The fraction of sp³-hybridized carbons (Fsp3) is 0.533. The van der Waals surface area contributed by atoms with Crippen molar-refractivity contribution < 1.29 is 9.72 Å². The zero-order chi connectivity index (χ0) is 15.6. The van der Waals surface area contributed by atoms with E-state index in [1.807, 2.05) is 0 Å². The Morgan fingerprint density at radius 3 is 2.48 bits per heavy atom. The molecule has 1 aliphatic rings. The number of amides is 1. The number of anilines is 1. The third-order valence-corrected chi connectivity index (χ3v) is 3.99. The zero-order valence-electron chi connectivity index (χ0n) is 12.7. The van der Waals surface area contributed by atoms with Crippen LogP contribution in [-0.2, 0) is 0 Å². The third-order valence-electron chi connectivity index (χ3n) is 3.99. The van der Waals surface area contributed by atoms with Gasteiger partial charge in [-0.3, -0.25) is 14.9 Å². The van der Waals surface area contributed by atoms with Gasteiger partial charge in [-0.25, -0.2) is 0 Å². The van der Waals surface area contributed by atoms with E-state index in [4.69, 9.17) is 0 Å². The number of hydrogen-bond donors (Lipinski definition) is 1. The minimum absolute atomic E-state index is 0.0124. The maximum Gasteiger partial charge on any atom is 0.292 e. The second kappa shape index (κ2) is 5.71. The molecule has 1 aliphatic carbocycles. The van der Waals surface area contributed by atoms with Gasteiger partial charge in [0.2, 0.25) is 0 Å². The predicted molar refractivity (Wildman–Crippen MR) is 81.6 cm³/mol. The van der Waals surface area contributed by atoms with Crippen molar-refractivity contribution in [2.45, 2.75) is 38.1 Å². The van der Waals surface area contributed by atoms with Crippen LogP contribution in [0.3, 0.4) is 0 Å². The van der Waals surface area contributed by atoms with Crippen molar-refractivity contribution in [3.63, 3.8) is 0 Å². The van der Waals surface area contributed by atoms with Gasteiger partial charge in [0.1, 0.15) is 5.69 Å². The maximum atomic E-state index is 12.0. The molecule has 2 rings (SSSR count). The Morgan fingerprint density at radius 2 is 1.95 bits per heavy atom. The summed E-state index contributed by atoms with van der Waals surface area (Å²) in [5, 5.41) is 14.5. The lowest BCUT2D eigenvalue weighted by Gasteiger charge is -2.26. The highest BCUT2D eigenvalue weighted by Gasteiger charge is 2.31. The largest absolute Gasteiger partial charge is 0.374 e. The number of rotatable bonds is 4. The average molecular weight is 291 g/mol. The van der Waals surface area contributed by atoms with E-state index in [9.17, 15) is 14.9 Å². The zero-order valence-corrected chi connectivity index (χ0v) is 12.7. The van der Waals surface area contributed by atoms with Gasteiger partial charge in [0.25, 0.3) is 11.6 Å². The van der Waals surface area contributed by atoms with E-state index in [0.717, 1.165) is 25.7 Å². The van der Waals surface area contributed by atoms with Crippen molar-refractivity contribution in [3.8, 4) is 0 Å². The molecule has 114 valence electrons. The van der Waals surface area contributed by atoms with Crippen LogP contribution in [0.1, 0.15) is 43.0 Å². The van der Waals surface area contributed by atoms with E-state index < -0.39 is 4.92 Å². The monoisotopic (exact) mass is 291 g/mol. The number of benzene rings is 1. The molecule has 0 spiro atoms. The molecule has 0 bridgehead atoms. The Kier molecular flexibility index (Phi) is 4.16. The molecule has 0 unspecified atom stereocenters. The van der Waals surface area contributed by atoms with E-state index in [1.54, 1.807) is 20.2 Å². The van der Waals surface area contributed by atoms with E-state index >= 15 is 0 Å². The summed E-state index contributed by atoms with van der Waals surface area (Å²) < 4.78 is 0. The first-order valence-corrected chi connectivity index (χ1v) is 7.11. The molecule has 6 nitrogen and oxygen atoms in total. The summed E-state index contributed by atoms with van der Waals surface area (Å²) in [6.07, 6.45) is 4.20. The summed E-state index contributed by atoms with van der Waals surface area (Å²) in [6, 6.07) is 4.49. The van der Waals surface area contributed by atoms with Crippen molar-refractivity contribution in [1.82, 2.24) is 4.90 Å². The molecule has 1 saturated carbocycles. The van der Waals surface area contributed by atoms with Crippen LogP contribution in [0.25, 0.3) is 0 Å². The number of nitro benzene ring substituents is 1. The van der Waals surface area contributed by atoms with Crippen LogP contribution in [0.4, 0.5) is 11.4 Å². The highest BCUT2D eigenvalue weighted by Crippen LogP contribution is 2.36. The van der Waals surface area contributed by atoms with Gasteiger partial charge in [-0.05, 0) is 31.9 Å². The summed E-state index contributed by atoms with van der Waals surface area (Å²) in [5.74, 6) is -0.162. The van der Waals surface area contributed by atoms with Crippen LogP contribution >= 0.6 is 0 Å². The van der Waals surface area contributed by atoms with Crippen LogP contribution in [-0.4, -0.2) is 35.4 Å². The number of carbonyl (C=O) groups is 1. The van der Waals surface area contributed by atoms with E-state index in [0.29, 0.717) is 11.3 Å². The summed E-state index contributed by atoms with van der Waals surface area (Å²) in [6.45, 7) is 2.07. The summed E-state index contributed by atoms with van der Waals surface area (Å²) in [7, 11) is 3.32.